The van der Waals surface area contributed by atoms with Crippen LogP contribution >= 0.6 is 22.9 Å². The average molecular weight is 298 g/mol. The Morgan fingerprint density at radius 2 is 2.05 bits per heavy atom. The lowest BCUT2D eigenvalue weighted by Gasteiger charge is -2.35. The van der Waals surface area contributed by atoms with Crippen molar-refractivity contribution in [3.8, 4) is 10.7 Å². The molecule has 7 heteroatoms. The summed E-state index contributed by atoms with van der Waals surface area (Å²) in [6, 6.07) is 4.72. The number of hydrogen-bond acceptors (Lipinski definition) is 5. The minimum Gasteiger partial charge on any atom is -0.336 e. The van der Waals surface area contributed by atoms with Crippen molar-refractivity contribution in [1.29, 1.82) is 0 Å². The van der Waals surface area contributed by atoms with Crippen molar-refractivity contribution in [2.45, 2.75) is 25.9 Å². The van der Waals surface area contributed by atoms with Crippen LogP contribution in [0.25, 0.3) is 10.7 Å². The number of halogens is 1. The summed E-state index contributed by atoms with van der Waals surface area (Å²) in [5, 5.41) is 10.8. The smallest absolute Gasteiger partial charge is 0.245 e. The summed E-state index contributed by atoms with van der Waals surface area (Å²) in [4.78, 5) is 7.79. The molecule has 0 bridgehead atoms. The van der Waals surface area contributed by atoms with Gasteiger partial charge in [0.05, 0.1) is 9.21 Å². The molecular weight excluding hydrogens is 282 g/mol. The number of nitrogens with zero attached hydrogens (tertiary/aromatic N) is 3. The summed E-state index contributed by atoms with van der Waals surface area (Å²) in [5.74, 6) is 1.55. The van der Waals surface area contributed by atoms with Crippen molar-refractivity contribution in [3.63, 3.8) is 0 Å². The number of hydrogen-bond donors (Lipinski definition) is 2. The van der Waals surface area contributed by atoms with Crippen LogP contribution in [0.1, 0.15) is 13.8 Å². The molecule has 2 atom stereocenters. The van der Waals surface area contributed by atoms with Gasteiger partial charge in [0.2, 0.25) is 5.95 Å². The maximum atomic E-state index is 5.94. The highest BCUT2D eigenvalue weighted by Crippen LogP contribution is 2.29. The Morgan fingerprint density at radius 1 is 1.32 bits per heavy atom. The first-order valence-corrected chi connectivity index (χ1v) is 7.50. The fourth-order valence-electron chi connectivity index (χ4n) is 2.44. The Morgan fingerprint density at radius 3 is 2.68 bits per heavy atom. The van der Waals surface area contributed by atoms with Crippen LogP contribution in [0.4, 0.5) is 5.95 Å². The van der Waals surface area contributed by atoms with Crippen LogP contribution in [0.5, 0.6) is 0 Å². The highest BCUT2D eigenvalue weighted by Gasteiger charge is 2.23. The molecule has 1 saturated heterocycles. The number of H-pyrrole nitrogens is 1. The standard InChI is InChI=1S/C12H16ClN5S/c1-7-5-18(6-8(2)14-7)12-15-11(16-17-12)9-3-4-10(13)19-9/h3-4,7-8,14H,5-6H2,1-2H3,(H,15,16,17). The molecular formula is C12H16ClN5S. The Bertz CT molecular complexity index is 556. The van der Waals surface area contributed by atoms with Crippen LogP contribution in [-0.4, -0.2) is 40.4 Å². The first-order chi connectivity index (χ1) is 9.11. The zero-order chi connectivity index (χ0) is 13.4. The third-order valence-corrected chi connectivity index (χ3v) is 4.36. The largest absolute Gasteiger partial charge is 0.336 e. The Hall–Kier alpha value is -1.11. The lowest BCUT2D eigenvalue weighted by Crippen LogP contribution is -2.54. The van der Waals surface area contributed by atoms with Crippen LogP contribution in [0, 0.1) is 0 Å². The molecule has 2 aromatic heterocycles. The molecule has 0 radical (unpaired) electrons. The molecule has 0 aromatic carbocycles. The van der Waals surface area contributed by atoms with E-state index in [1.807, 2.05) is 12.1 Å². The maximum absolute atomic E-state index is 5.94. The minimum absolute atomic E-state index is 0.446. The molecule has 2 unspecified atom stereocenters. The van der Waals surface area contributed by atoms with Crippen LogP contribution in [0.3, 0.4) is 0 Å². The average Bonchev–Trinajstić information content (AvgIpc) is 2.95. The normalized spacial score (nSPS) is 23.8. The molecule has 1 aliphatic heterocycles. The third kappa shape index (κ3) is 2.75. The SMILES string of the molecule is CC1CN(c2n[nH]c(-c3ccc(Cl)s3)n2)CC(C)N1. The second kappa shape index (κ2) is 5.11. The van der Waals surface area contributed by atoms with E-state index >= 15 is 0 Å². The molecule has 3 rings (SSSR count). The predicted octanol–water partition coefficient (Wildman–Crippen LogP) is 2.37. The van der Waals surface area contributed by atoms with Crippen molar-refractivity contribution in [2.75, 3.05) is 18.0 Å². The number of anilines is 1. The molecule has 1 fully saturated rings. The molecule has 0 saturated carbocycles. The molecule has 102 valence electrons. The zero-order valence-corrected chi connectivity index (χ0v) is 12.4. The van der Waals surface area contributed by atoms with Gasteiger partial charge >= 0.3 is 0 Å². The van der Waals surface area contributed by atoms with E-state index in [1.165, 1.54) is 11.3 Å². The number of aromatic amines is 1. The Kier molecular flexibility index (Phi) is 3.47. The van der Waals surface area contributed by atoms with Crippen LogP contribution < -0.4 is 10.2 Å². The van der Waals surface area contributed by atoms with E-state index in [0.29, 0.717) is 12.1 Å². The molecule has 2 aromatic rings. The van der Waals surface area contributed by atoms with Gasteiger partial charge in [-0.3, -0.25) is 5.10 Å². The lowest BCUT2D eigenvalue weighted by molar-refractivity contribution is 0.403. The van der Waals surface area contributed by atoms with Gasteiger partial charge in [-0.1, -0.05) is 11.6 Å². The van der Waals surface area contributed by atoms with E-state index in [1.54, 1.807) is 0 Å². The molecule has 1 aliphatic rings. The second-order valence-corrected chi connectivity index (χ2v) is 6.68. The Labute approximate surface area is 121 Å². The second-order valence-electron chi connectivity index (χ2n) is 4.96. The van der Waals surface area contributed by atoms with E-state index in [0.717, 1.165) is 34.1 Å². The fourth-order valence-corrected chi connectivity index (χ4v) is 3.42. The van der Waals surface area contributed by atoms with Crippen molar-refractivity contribution < 1.29 is 0 Å². The molecule has 19 heavy (non-hydrogen) atoms. The van der Waals surface area contributed by atoms with Gasteiger partial charge in [-0.15, -0.1) is 16.4 Å². The summed E-state index contributed by atoms with van der Waals surface area (Å²) in [6.07, 6.45) is 0. The molecule has 0 aliphatic carbocycles. The van der Waals surface area contributed by atoms with Gasteiger partial charge < -0.3 is 10.2 Å². The summed E-state index contributed by atoms with van der Waals surface area (Å²) in [6.45, 7) is 6.20. The molecule has 0 amide bonds. The first-order valence-electron chi connectivity index (χ1n) is 6.31. The van der Waals surface area contributed by atoms with Crippen LogP contribution in [0.15, 0.2) is 12.1 Å². The van der Waals surface area contributed by atoms with Gasteiger partial charge in [0.1, 0.15) is 0 Å². The number of nitrogens with one attached hydrogen (secondary N) is 2. The highest BCUT2D eigenvalue weighted by atomic mass is 35.5. The predicted molar refractivity (Wildman–Crippen MR) is 79.0 cm³/mol. The summed E-state index contributed by atoms with van der Waals surface area (Å²) < 4.78 is 0.761. The molecule has 5 nitrogen and oxygen atoms in total. The fraction of sp³-hybridized carbons (Fsp3) is 0.500. The van der Waals surface area contributed by atoms with Crippen molar-refractivity contribution in [3.05, 3.63) is 16.5 Å². The van der Waals surface area contributed by atoms with Gasteiger partial charge in [0, 0.05) is 25.2 Å². The quantitative estimate of drug-likeness (QED) is 0.893. The monoisotopic (exact) mass is 297 g/mol. The highest BCUT2D eigenvalue weighted by molar-refractivity contribution is 7.19. The van der Waals surface area contributed by atoms with Crippen molar-refractivity contribution in [1.82, 2.24) is 20.5 Å². The van der Waals surface area contributed by atoms with E-state index in [2.05, 4.69) is 39.2 Å². The molecule has 2 N–H and O–H groups in total. The Balaban J connectivity index is 1.81. The molecule has 0 spiro atoms. The number of thiophene rings is 1. The number of rotatable bonds is 2. The topological polar surface area (TPSA) is 56.8 Å². The van der Waals surface area contributed by atoms with E-state index in [4.69, 9.17) is 11.6 Å². The van der Waals surface area contributed by atoms with Gasteiger partial charge in [-0.25, -0.2) is 0 Å². The number of aromatic nitrogens is 3. The third-order valence-electron chi connectivity index (χ3n) is 3.12. The van der Waals surface area contributed by atoms with Crippen LogP contribution in [-0.2, 0) is 0 Å². The van der Waals surface area contributed by atoms with Gasteiger partial charge in [0.15, 0.2) is 5.82 Å². The van der Waals surface area contributed by atoms with Crippen molar-refractivity contribution >= 4 is 28.9 Å². The molecule has 3 heterocycles. The zero-order valence-electron chi connectivity index (χ0n) is 10.9. The van der Waals surface area contributed by atoms with E-state index in [-0.39, 0.29) is 0 Å². The number of piperazine rings is 1. The van der Waals surface area contributed by atoms with Crippen molar-refractivity contribution in [2.24, 2.45) is 0 Å². The van der Waals surface area contributed by atoms with E-state index in [9.17, 15) is 0 Å². The first kappa shape index (κ1) is 12.9. The summed E-state index contributed by atoms with van der Waals surface area (Å²) >= 11 is 7.44. The summed E-state index contributed by atoms with van der Waals surface area (Å²) in [7, 11) is 0. The lowest BCUT2D eigenvalue weighted by atomic mass is 10.1. The van der Waals surface area contributed by atoms with Gasteiger partial charge in [0.25, 0.3) is 0 Å². The minimum atomic E-state index is 0.446. The van der Waals surface area contributed by atoms with Gasteiger partial charge in [-0.2, -0.15) is 4.98 Å². The summed E-state index contributed by atoms with van der Waals surface area (Å²) in [5.41, 5.74) is 0. The maximum Gasteiger partial charge on any atom is 0.245 e. The van der Waals surface area contributed by atoms with E-state index < -0.39 is 0 Å². The van der Waals surface area contributed by atoms with Crippen LogP contribution in [0.2, 0.25) is 4.34 Å². The van der Waals surface area contributed by atoms with Gasteiger partial charge in [-0.05, 0) is 26.0 Å².